The second-order valence-corrected chi connectivity index (χ2v) is 5.37. The third kappa shape index (κ3) is 5.99. The van der Waals surface area contributed by atoms with Gasteiger partial charge in [0.2, 0.25) is 0 Å². The van der Waals surface area contributed by atoms with Crippen LogP contribution in [0.4, 0.5) is 0 Å². The summed E-state index contributed by atoms with van der Waals surface area (Å²) in [5.41, 5.74) is 1.42. The van der Waals surface area contributed by atoms with E-state index in [0.29, 0.717) is 17.9 Å². The number of carbonyl (C=O) groups excluding carboxylic acids is 1. The normalized spacial score (nSPS) is 9.88. The molecule has 0 aromatic heterocycles. The molecule has 0 atom stereocenters. The van der Waals surface area contributed by atoms with Gasteiger partial charge in [-0.3, -0.25) is 9.59 Å². The molecule has 0 aliphatic carbocycles. The van der Waals surface area contributed by atoms with Gasteiger partial charge in [0, 0.05) is 13.1 Å². The van der Waals surface area contributed by atoms with Crippen LogP contribution in [0, 0.1) is 11.3 Å². The number of nitriles is 1. The number of nitrogens with zero attached hydrogens (tertiary/aromatic N) is 2. The Bertz CT molecular complexity index is 751. The molecule has 0 fully saturated rings. The highest BCUT2D eigenvalue weighted by atomic mass is 16.5. The Kier molecular flexibility index (Phi) is 6.55. The predicted molar refractivity (Wildman–Crippen MR) is 90.8 cm³/mol. The van der Waals surface area contributed by atoms with Crippen molar-refractivity contribution in [1.82, 2.24) is 4.90 Å². The van der Waals surface area contributed by atoms with Crippen molar-refractivity contribution in [3.8, 4) is 11.8 Å². The van der Waals surface area contributed by atoms with Crippen molar-refractivity contribution in [3.63, 3.8) is 0 Å². The first-order valence-corrected chi connectivity index (χ1v) is 7.75. The largest absolute Gasteiger partial charge is 0.484 e. The monoisotopic (exact) mass is 338 g/mol. The molecule has 6 heteroatoms. The minimum atomic E-state index is -0.959. The van der Waals surface area contributed by atoms with Gasteiger partial charge in [-0.05, 0) is 29.8 Å². The second kappa shape index (κ2) is 9.08. The fraction of sp³-hybridized carbons (Fsp3) is 0.211. The quantitative estimate of drug-likeness (QED) is 0.798. The lowest BCUT2D eigenvalue weighted by molar-refractivity contribution is -0.139. The number of amides is 1. The maximum Gasteiger partial charge on any atom is 0.305 e. The predicted octanol–water partition coefficient (Wildman–Crippen LogP) is 2.44. The fourth-order valence-corrected chi connectivity index (χ4v) is 2.19. The van der Waals surface area contributed by atoms with E-state index in [0.717, 1.165) is 5.56 Å². The van der Waals surface area contributed by atoms with Crippen molar-refractivity contribution in [3.05, 3.63) is 65.7 Å². The average molecular weight is 338 g/mol. The smallest absolute Gasteiger partial charge is 0.305 e. The topological polar surface area (TPSA) is 90.6 Å². The second-order valence-electron chi connectivity index (χ2n) is 5.37. The van der Waals surface area contributed by atoms with Crippen molar-refractivity contribution >= 4 is 11.9 Å². The van der Waals surface area contributed by atoms with Gasteiger partial charge in [-0.1, -0.05) is 30.3 Å². The summed E-state index contributed by atoms with van der Waals surface area (Å²) in [6, 6.07) is 17.8. The molecule has 0 saturated heterocycles. The SMILES string of the molecule is N#Cc1ccc(OCC(=O)N(CCC(=O)O)Cc2ccccc2)cc1. The minimum Gasteiger partial charge on any atom is -0.484 e. The number of rotatable bonds is 8. The molecule has 2 aromatic rings. The number of benzene rings is 2. The lowest BCUT2D eigenvalue weighted by Crippen LogP contribution is -2.36. The van der Waals surface area contributed by atoms with Crippen LogP contribution in [0.25, 0.3) is 0 Å². The Morgan fingerprint density at radius 2 is 1.76 bits per heavy atom. The molecule has 1 amide bonds. The maximum absolute atomic E-state index is 12.4. The first kappa shape index (κ1) is 18.0. The third-order valence-electron chi connectivity index (χ3n) is 3.51. The van der Waals surface area contributed by atoms with E-state index in [4.69, 9.17) is 15.1 Å². The van der Waals surface area contributed by atoms with Gasteiger partial charge in [-0.25, -0.2) is 0 Å². The van der Waals surface area contributed by atoms with E-state index in [2.05, 4.69) is 0 Å². The summed E-state index contributed by atoms with van der Waals surface area (Å²) in [4.78, 5) is 24.7. The number of carboxylic acid groups (broad SMARTS) is 1. The summed E-state index contributed by atoms with van der Waals surface area (Å²) in [6.45, 7) is 0.238. The van der Waals surface area contributed by atoms with Gasteiger partial charge < -0.3 is 14.7 Å². The molecule has 0 spiro atoms. The average Bonchev–Trinajstić information content (AvgIpc) is 2.64. The van der Waals surface area contributed by atoms with E-state index in [1.807, 2.05) is 36.4 Å². The zero-order valence-corrected chi connectivity index (χ0v) is 13.6. The Balaban J connectivity index is 1.98. The van der Waals surface area contributed by atoms with Crippen molar-refractivity contribution in [1.29, 1.82) is 5.26 Å². The van der Waals surface area contributed by atoms with E-state index < -0.39 is 5.97 Å². The molecule has 0 saturated carbocycles. The molecule has 2 rings (SSSR count). The van der Waals surface area contributed by atoms with Gasteiger partial charge in [-0.2, -0.15) is 5.26 Å². The van der Waals surface area contributed by atoms with Crippen LogP contribution in [0.2, 0.25) is 0 Å². The summed E-state index contributed by atoms with van der Waals surface area (Å²) in [5, 5.41) is 17.6. The van der Waals surface area contributed by atoms with Crippen LogP contribution in [0.15, 0.2) is 54.6 Å². The standard InChI is InChI=1S/C19H18N2O4/c20-12-15-6-8-17(9-7-15)25-14-18(22)21(11-10-19(23)24)13-16-4-2-1-3-5-16/h1-9H,10-11,13-14H2,(H,23,24). The third-order valence-corrected chi connectivity index (χ3v) is 3.51. The molecular weight excluding hydrogens is 320 g/mol. The Labute approximate surface area is 145 Å². The Hall–Kier alpha value is -3.33. The van der Waals surface area contributed by atoms with Gasteiger partial charge >= 0.3 is 5.97 Å². The van der Waals surface area contributed by atoms with Crippen molar-refractivity contribution in [2.24, 2.45) is 0 Å². The molecule has 6 nitrogen and oxygen atoms in total. The minimum absolute atomic E-state index is 0.111. The number of hydrogen-bond acceptors (Lipinski definition) is 4. The molecule has 1 N–H and O–H groups in total. The molecule has 0 aliphatic heterocycles. The Morgan fingerprint density at radius 3 is 2.36 bits per heavy atom. The molecule has 0 bridgehead atoms. The highest BCUT2D eigenvalue weighted by Crippen LogP contribution is 2.12. The van der Waals surface area contributed by atoms with Crippen LogP contribution in [0.3, 0.4) is 0 Å². The molecule has 0 heterocycles. The summed E-state index contributed by atoms with van der Waals surface area (Å²) < 4.78 is 5.44. The molecule has 25 heavy (non-hydrogen) atoms. The van der Waals surface area contributed by atoms with Gasteiger partial charge in [0.15, 0.2) is 6.61 Å². The van der Waals surface area contributed by atoms with Crippen LogP contribution in [-0.4, -0.2) is 35.0 Å². The zero-order chi connectivity index (χ0) is 18.1. The van der Waals surface area contributed by atoms with Crippen LogP contribution in [0.5, 0.6) is 5.75 Å². The number of ether oxygens (including phenoxy) is 1. The van der Waals surface area contributed by atoms with E-state index in [-0.39, 0.29) is 25.5 Å². The van der Waals surface area contributed by atoms with Crippen molar-refractivity contribution < 1.29 is 19.4 Å². The molecule has 2 aromatic carbocycles. The summed E-state index contributed by atoms with van der Waals surface area (Å²) in [6.07, 6.45) is -0.130. The summed E-state index contributed by atoms with van der Waals surface area (Å²) in [5.74, 6) is -0.779. The Morgan fingerprint density at radius 1 is 1.08 bits per heavy atom. The maximum atomic E-state index is 12.4. The van der Waals surface area contributed by atoms with Crippen LogP contribution in [0.1, 0.15) is 17.5 Å². The van der Waals surface area contributed by atoms with Gasteiger partial charge in [0.25, 0.3) is 5.91 Å². The van der Waals surface area contributed by atoms with E-state index in [1.165, 1.54) is 4.90 Å². The molecule has 0 unspecified atom stereocenters. The number of carbonyl (C=O) groups is 2. The first-order chi connectivity index (χ1) is 12.1. The van der Waals surface area contributed by atoms with Gasteiger partial charge in [0.1, 0.15) is 5.75 Å². The lowest BCUT2D eigenvalue weighted by Gasteiger charge is -2.22. The lowest BCUT2D eigenvalue weighted by atomic mass is 10.2. The van der Waals surface area contributed by atoms with Crippen molar-refractivity contribution in [2.75, 3.05) is 13.2 Å². The van der Waals surface area contributed by atoms with Crippen molar-refractivity contribution in [2.45, 2.75) is 13.0 Å². The number of aliphatic carboxylic acids is 1. The highest BCUT2D eigenvalue weighted by molar-refractivity contribution is 5.78. The van der Waals surface area contributed by atoms with E-state index >= 15 is 0 Å². The van der Waals surface area contributed by atoms with Gasteiger partial charge in [-0.15, -0.1) is 0 Å². The molecular formula is C19H18N2O4. The summed E-state index contributed by atoms with van der Waals surface area (Å²) >= 11 is 0. The van der Waals surface area contributed by atoms with E-state index in [9.17, 15) is 9.59 Å². The van der Waals surface area contributed by atoms with Crippen LogP contribution >= 0.6 is 0 Å². The van der Waals surface area contributed by atoms with Crippen LogP contribution < -0.4 is 4.74 Å². The molecule has 0 radical (unpaired) electrons. The number of hydrogen-bond donors (Lipinski definition) is 1. The van der Waals surface area contributed by atoms with E-state index in [1.54, 1.807) is 24.3 Å². The zero-order valence-electron chi connectivity index (χ0n) is 13.6. The molecule has 0 aliphatic rings. The molecule has 128 valence electrons. The summed E-state index contributed by atoms with van der Waals surface area (Å²) in [7, 11) is 0. The first-order valence-electron chi connectivity index (χ1n) is 7.75. The van der Waals surface area contributed by atoms with Gasteiger partial charge in [0.05, 0.1) is 18.1 Å². The fourth-order valence-electron chi connectivity index (χ4n) is 2.19. The number of carboxylic acids is 1. The van der Waals surface area contributed by atoms with Crippen LogP contribution in [-0.2, 0) is 16.1 Å². The highest BCUT2D eigenvalue weighted by Gasteiger charge is 2.16.